The summed E-state index contributed by atoms with van der Waals surface area (Å²) in [5.41, 5.74) is -1.93. The minimum absolute atomic E-state index is 0.0664. The Kier molecular flexibility index (Phi) is 9.36. The number of thiazole rings is 1. The zero-order valence-electron chi connectivity index (χ0n) is 23.2. The van der Waals surface area contributed by atoms with Crippen LogP contribution in [-0.4, -0.2) is 121 Å². The monoisotopic (exact) mass is 688 g/mol. The number of ether oxygens (including phenoxy) is 2. The van der Waals surface area contributed by atoms with E-state index in [2.05, 4.69) is 20.4 Å². The van der Waals surface area contributed by atoms with Crippen LogP contribution in [0, 0.1) is 17.5 Å². The summed E-state index contributed by atoms with van der Waals surface area (Å²) < 4.78 is 55.0. The summed E-state index contributed by atoms with van der Waals surface area (Å²) in [5.74, 6) is -4.50. The van der Waals surface area contributed by atoms with Crippen LogP contribution in [0.15, 0.2) is 40.9 Å². The molecule has 4 unspecified atom stereocenters. The smallest absolute Gasteiger partial charge is 0.304 e. The number of rotatable bonds is 8. The highest BCUT2D eigenvalue weighted by atomic mass is 32.2. The number of nitrogens with one attached hydrogen (secondary N) is 1. The van der Waals surface area contributed by atoms with E-state index in [-0.39, 0.29) is 21.7 Å². The van der Waals surface area contributed by atoms with E-state index in [4.69, 9.17) is 9.47 Å². The molecule has 1 aromatic carbocycles. The van der Waals surface area contributed by atoms with Crippen LogP contribution in [0.2, 0.25) is 0 Å². The molecule has 7 N–H and O–H groups in total. The van der Waals surface area contributed by atoms with Gasteiger partial charge in [0.25, 0.3) is 0 Å². The molecular weight excluding hydrogens is 661 g/mol. The number of aliphatic hydroxyl groups excluding tert-OH is 6. The van der Waals surface area contributed by atoms with Gasteiger partial charge >= 0.3 is 4.87 Å². The number of aromatic nitrogens is 6. The highest BCUT2D eigenvalue weighted by Crippen LogP contribution is 2.42. The van der Waals surface area contributed by atoms with Gasteiger partial charge in [-0.25, -0.2) is 17.9 Å². The lowest BCUT2D eigenvalue weighted by atomic mass is 9.97. The second-order valence-electron chi connectivity index (χ2n) is 10.6. The van der Waals surface area contributed by atoms with Crippen molar-refractivity contribution in [1.82, 2.24) is 29.8 Å². The Balaban J connectivity index is 1.25. The number of halogens is 3. The summed E-state index contributed by atoms with van der Waals surface area (Å²) in [5, 5.41) is 78.1. The minimum Gasteiger partial charge on any atom is -0.394 e. The number of hydrogen-bond donors (Lipinski definition) is 7. The number of aliphatic hydroxyl groups is 6. The van der Waals surface area contributed by atoms with Gasteiger partial charge in [-0.15, -0.1) is 5.10 Å². The van der Waals surface area contributed by atoms with Gasteiger partial charge in [0.1, 0.15) is 65.3 Å². The molecule has 0 amide bonds. The third-order valence-corrected chi connectivity index (χ3v) is 9.79. The van der Waals surface area contributed by atoms with E-state index in [0.717, 1.165) is 44.6 Å². The highest BCUT2D eigenvalue weighted by Gasteiger charge is 2.51. The summed E-state index contributed by atoms with van der Waals surface area (Å²) in [6.07, 6.45) is -4.86. The van der Waals surface area contributed by atoms with Crippen LogP contribution in [0.25, 0.3) is 22.5 Å². The number of benzene rings is 1. The van der Waals surface area contributed by atoms with E-state index in [0.29, 0.717) is 5.69 Å². The molecule has 15 nitrogen and oxygen atoms in total. The van der Waals surface area contributed by atoms with Crippen LogP contribution in [0.3, 0.4) is 0 Å². The molecule has 0 aliphatic carbocycles. The lowest BCUT2D eigenvalue weighted by Crippen LogP contribution is -2.58. The predicted molar refractivity (Wildman–Crippen MR) is 153 cm³/mol. The number of aromatic amines is 1. The average Bonchev–Trinajstić information content (AvgIpc) is 3.80. The van der Waals surface area contributed by atoms with E-state index in [9.17, 15) is 48.6 Å². The van der Waals surface area contributed by atoms with Gasteiger partial charge in [-0.3, -0.25) is 9.48 Å². The third-order valence-electron chi connectivity index (χ3n) is 7.80. The van der Waals surface area contributed by atoms with Crippen molar-refractivity contribution in [2.75, 3.05) is 13.2 Å². The van der Waals surface area contributed by atoms with Gasteiger partial charge in [-0.05, 0) is 17.7 Å². The van der Waals surface area contributed by atoms with E-state index >= 15 is 0 Å². The quantitative estimate of drug-likeness (QED) is 0.115. The minimum atomic E-state index is -1.65. The van der Waals surface area contributed by atoms with Crippen LogP contribution in [0.5, 0.6) is 0 Å². The Hall–Kier alpha value is -3.18. The first-order valence-corrected chi connectivity index (χ1v) is 15.5. The summed E-state index contributed by atoms with van der Waals surface area (Å²) in [7, 11) is 0. The van der Waals surface area contributed by atoms with Crippen LogP contribution >= 0.6 is 23.1 Å². The van der Waals surface area contributed by atoms with Gasteiger partial charge in [0, 0.05) is 17.1 Å². The first-order chi connectivity index (χ1) is 22.0. The van der Waals surface area contributed by atoms with E-state index in [1.165, 1.54) is 24.0 Å². The highest BCUT2D eigenvalue weighted by molar-refractivity contribution is 8.00. The molecular formula is C26H27F3N6O9S2. The van der Waals surface area contributed by atoms with Crippen molar-refractivity contribution in [2.45, 2.75) is 59.6 Å². The van der Waals surface area contributed by atoms with Crippen molar-refractivity contribution in [1.29, 1.82) is 0 Å². The summed E-state index contributed by atoms with van der Waals surface area (Å²) in [6.45, 7) is -1.37. The molecule has 0 radical (unpaired) electrons. The molecule has 4 aromatic rings. The summed E-state index contributed by atoms with van der Waals surface area (Å²) >= 11 is 1.64. The molecule has 248 valence electrons. The van der Waals surface area contributed by atoms with Gasteiger partial charge in [0.15, 0.2) is 17.5 Å². The zero-order valence-corrected chi connectivity index (χ0v) is 24.9. The maximum absolute atomic E-state index is 13.9. The molecule has 0 bridgehead atoms. The van der Waals surface area contributed by atoms with Gasteiger partial charge in [0.2, 0.25) is 0 Å². The number of nitrogens with zero attached hydrogens (tertiary/aromatic N) is 5. The van der Waals surface area contributed by atoms with E-state index in [1.807, 2.05) is 0 Å². The SMILES string of the molecule is O=c1[nH]c(-c2cn(C3C(O)[C@@H](CO)O[C@@H](S[C@@H]4OC(CO)[C@H](O)[C@H](n5cc(-c6cc(F)c(F)c(F)c6)cn5)C4O)[C@@H]3O)nn2)cs1. The fourth-order valence-electron chi connectivity index (χ4n) is 5.44. The zero-order chi connectivity index (χ0) is 32.9. The lowest BCUT2D eigenvalue weighted by molar-refractivity contribution is -0.188. The van der Waals surface area contributed by atoms with Crippen LogP contribution < -0.4 is 4.87 Å². The molecule has 46 heavy (non-hydrogen) atoms. The molecule has 2 aliphatic heterocycles. The van der Waals surface area contributed by atoms with Crippen molar-refractivity contribution in [3.63, 3.8) is 0 Å². The van der Waals surface area contributed by atoms with Crippen molar-refractivity contribution < 1.29 is 53.3 Å². The Morgan fingerprint density at radius 3 is 2.00 bits per heavy atom. The Labute approximate surface area is 264 Å². The summed E-state index contributed by atoms with van der Waals surface area (Å²) in [4.78, 5) is 13.8. The van der Waals surface area contributed by atoms with Gasteiger partial charge in [0.05, 0.1) is 31.3 Å². The van der Waals surface area contributed by atoms with Crippen molar-refractivity contribution in [3.05, 3.63) is 63.2 Å². The maximum atomic E-state index is 13.9. The first kappa shape index (κ1) is 32.7. The van der Waals surface area contributed by atoms with E-state index in [1.54, 1.807) is 0 Å². The van der Waals surface area contributed by atoms with E-state index < -0.39 is 90.2 Å². The Morgan fingerprint density at radius 1 is 0.870 bits per heavy atom. The molecule has 10 atom stereocenters. The number of H-pyrrole nitrogens is 1. The second kappa shape index (κ2) is 13.1. The standard InChI is InChI=1S/C26H27F3N6O9S2/c27-11-1-9(2-12(28)17(11)29)10-3-30-34(4-10)18-20(38)15(6-36)43-24(22(18)40)46-25-23(41)19(21(39)16(7-37)44-25)35-5-13(32-33-35)14-8-45-26(42)31-14/h1-5,8,15-16,18-25,36-41H,6-7H2,(H,31,42)/t15?,16-,18+,19?,20+,21?,22?,23-,24+,25+/m1/s1. The topological polar surface area (TPSA) is 221 Å². The van der Waals surface area contributed by atoms with Crippen molar-refractivity contribution >= 4 is 23.1 Å². The number of thioether (sulfide) groups is 1. The van der Waals surface area contributed by atoms with Crippen molar-refractivity contribution in [3.8, 4) is 22.5 Å². The fraction of sp³-hybridized carbons (Fsp3) is 0.462. The average molecular weight is 689 g/mol. The Bertz CT molecular complexity index is 1720. The van der Waals surface area contributed by atoms with Gasteiger partial charge < -0.3 is 45.1 Å². The lowest BCUT2D eigenvalue weighted by Gasteiger charge is -2.46. The van der Waals surface area contributed by atoms with Gasteiger partial charge in [-0.1, -0.05) is 28.3 Å². The predicted octanol–water partition coefficient (Wildman–Crippen LogP) is -0.631. The largest absolute Gasteiger partial charge is 0.394 e. The van der Waals surface area contributed by atoms with Crippen LogP contribution in [0.1, 0.15) is 12.1 Å². The number of hydrogen-bond acceptors (Lipinski definition) is 14. The first-order valence-electron chi connectivity index (χ1n) is 13.7. The van der Waals surface area contributed by atoms with Crippen molar-refractivity contribution in [2.24, 2.45) is 0 Å². The molecule has 2 aliphatic rings. The molecule has 20 heteroatoms. The van der Waals surface area contributed by atoms with Crippen LogP contribution in [0.4, 0.5) is 13.2 Å². The Morgan fingerprint density at radius 2 is 1.46 bits per heavy atom. The molecule has 5 heterocycles. The normalized spacial score (nSPS) is 31.8. The fourth-order valence-corrected chi connectivity index (χ4v) is 7.34. The summed E-state index contributed by atoms with van der Waals surface area (Å²) in [6, 6.07) is -1.01. The molecule has 0 saturated carbocycles. The molecule has 2 fully saturated rings. The molecule has 3 aromatic heterocycles. The van der Waals surface area contributed by atoms with Gasteiger partial charge in [-0.2, -0.15) is 5.10 Å². The molecule has 2 saturated heterocycles. The van der Waals surface area contributed by atoms with Crippen LogP contribution in [-0.2, 0) is 9.47 Å². The maximum Gasteiger partial charge on any atom is 0.304 e. The molecule has 6 rings (SSSR count). The second-order valence-corrected chi connectivity index (χ2v) is 12.7. The third kappa shape index (κ3) is 6.01. The molecule has 0 spiro atoms.